The maximum Gasteiger partial charge on any atom is 0.329 e. The van der Waals surface area contributed by atoms with Crippen molar-refractivity contribution in [3.8, 4) is 0 Å². The third kappa shape index (κ3) is 4.61. The number of nitrogens with one attached hydrogen (secondary N) is 2. The molecular weight excluding hydrogens is 355 g/mol. The van der Waals surface area contributed by atoms with Gasteiger partial charge < -0.3 is 15.4 Å². The lowest BCUT2D eigenvalue weighted by molar-refractivity contribution is -0.157. The third-order valence-corrected chi connectivity index (χ3v) is 4.29. The van der Waals surface area contributed by atoms with Crippen LogP contribution in [0.2, 0.25) is 10.0 Å². The molecule has 0 unspecified atom stereocenters. The molecule has 1 aromatic carbocycles. The lowest BCUT2D eigenvalue weighted by Crippen LogP contribution is -2.41. The Hall–Kier alpha value is -1.79. The van der Waals surface area contributed by atoms with Crippen LogP contribution in [-0.4, -0.2) is 29.9 Å². The first-order chi connectivity index (χ1) is 11.3. The van der Waals surface area contributed by atoms with Gasteiger partial charge in [-0.25, -0.2) is 4.79 Å². The minimum absolute atomic E-state index is 0.194. The third-order valence-electron chi connectivity index (χ3n) is 3.73. The zero-order valence-electron chi connectivity index (χ0n) is 13.3. The molecule has 1 aliphatic rings. The molecule has 6 nitrogen and oxygen atoms in total. The van der Waals surface area contributed by atoms with Crippen molar-refractivity contribution in [2.24, 2.45) is 0 Å². The minimum Gasteiger partial charge on any atom is -0.451 e. The molecule has 130 valence electrons. The molecule has 0 radical (unpaired) electrons. The highest BCUT2D eigenvalue weighted by Crippen LogP contribution is 2.26. The fraction of sp³-hybridized carbons (Fsp3) is 0.438. The smallest absolute Gasteiger partial charge is 0.329 e. The standard InChI is InChI=1S/C16H18Cl2N2O4/c1-8(11-4-3-10(17)7-12(11)18)19-15(22)9(2)24-16(23)13-5-6-14(21)20-13/h3-4,7-9,13H,5-6H2,1-2H3,(H,19,22)(H,20,21)/t8-,9+,13+/m1/s1. The number of rotatable bonds is 5. The lowest BCUT2D eigenvalue weighted by Gasteiger charge is -2.20. The molecule has 1 fully saturated rings. The first-order valence-corrected chi connectivity index (χ1v) is 8.28. The van der Waals surface area contributed by atoms with E-state index in [0.29, 0.717) is 22.0 Å². The largest absolute Gasteiger partial charge is 0.451 e. The predicted octanol–water partition coefficient (Wildman–Crippen LogP) is 2.38. The van der Waals surface area contributed by atoms with E-state index in [4.69, 9.17) is 27.9 Å². The number of esters is 1. The van der Waals surface area contributed by atoms with Crippen LogP contribution in [0.15, 0.2) is 18.2 Å². The fourth-order valence-corrected chi connectivity index (χ4v) is 2.93. The number of carbonyl (C=O) groups is 3. The van der Waals surface area contributed by atoms with Crippen LogP contribution in [0.25, 0.3) is 0 Å². The summed E-state index contributed by atoms with van der Waals surface area (Å²) in [6.07, 6.45) is -0.321. The monoisotopic (exact) mass is 372 g/mol. The second-order valence-corrected chi connectivity index (χ2v) is 6.48. The summed E-state index contributed by atoms with van der Waals surface area (Å²) in [6.45, 7) is 3.24. The van der Waals surface area contributed by atoms with Gasteiger partial charge in [-0.05, 0) is 38.0 Å². The van der Waals surface area contributed by atoms with Crippen molar-refractivity contribution in [3.63, 3.8) is 0 Å². The minimum atomic E-state index is -0.983. The van der Waals surface area contributed by atoms with Gasteiger partial charge in [-0.2, -0.15) is 0 Å². The molecule has 2 N–H and O–H groups in total. The van der Waals surface area contributed by atoms with Crippen LogP contribution < -0.4 is 10.6 Å². The molecule has 0 aliphatic carbocycles. The molecule has 8 heteroatoms. The second-order valence-electron chi connectivity index (χ2n) is 5.63. The van der Waals surface area contributed by atoms with E-state index in [9.17, 15) is 14.4 Å². The van der Waals surface area contributed by atoms with Crippen LogP contribution in [-0.2, 0) is 19.1 Å². The summed E-state index contributed by atoms with van der Waals surface area (Å²) in [5, 5.41) is 6.17. The van der Waals surface area contributed by atoms with Crippen molar-refractivity contribution >= 4 is 41.0 Å². The van der Waals surface area contributed by atoms with E-state index in [0.717, 1.165) is 0 Å². The zero-order chi connectivity index (χ0) is 17.9. The van der Waals surface area contributed by atoms with Crippen LogP contribution in [0.3, 0.4) is 0 Å². The van der Waals surface area contributed by atoms with Gasteiger partial charge in [0.25, 0.3) is 5.91 Å². The Morgan fingerprint density at radius 3 is 2.62 bits per heavy atom. The predicted molar refractivity (Wildman–Crippen MR) is 89.7 cm³/mol. The molecule has 1 heterocycles. The summed E-state index contributed by atoms with van der Waals surface area (Å²) in [4.78, 5) is 35.2. The summed E-state index contributed by atoms with van der Waals surface area (Å²) >= 11 is 12.0. The van der Waals surface area contributed by atoms with Crippen molar-refractivity contribution in [2.75, 3.05) is 0 Å². The Bertz CT molecular complexity index is 665. The van der Waals surface area contributed by atoms with Gasteiger partial charge >= 0.3 is 5.97 Å². The Morgan fingerprint density at radius 1 is 1.33 bits per heavy atom. The van der Waals surface area contributed by atoms with Crippen LogP contribution in [0.4, 0.5) is 0 Å². The molecule has 24 heavy (non-hydrogen) atoms. The normalized spacial score (nSPS) is 19.3. The van der Waals surface area contributed by atoms with Crippen molar-refractivity contribution < 1.29 is 19.1 Å². The number of ether oxygens (including phenoxy) is 1. The van der Waals surface area contributed by atoms with Gasteiger partial charge in [0.1, 0.15) is 6.04 Å². The number of halogens is 2. The van der Waals surface area contributed by atoms with Crippen LogP contribution in [0.1, 0.15) is 38.3 Å². The SMILES string of the molecule is C[C@H](OC(=O)[C@@H]1CCC(=O)N1)C(=O)N[C@H](C)c1ccc(Cl)cc1Cl. The highest BCUT2D eigenvalue weighted by molar-refractivity contribution is 6.35. The quantitative estimate of drug-likeness (QED) is 0.777. The lowest BCUT2D eigenvalue weighted by atomic mass is 10.1. The highest BCUT2D eigenvalue weighted by Gasteiger charge is 2.31. The van der Waals surface area contributed by atoms with E-state index in [1.807, 2.05) is 0 Å². The van der Waals surface area contributed by atoms with Gasteiger partial charge in [0.2, 0.25) is 5.91 Å². The Kier molecular flexibility index (Phi) is 6.07. The van der Waals surface area contributed by atoms with Crippen molar-refractivity contribution in [2.45, 2.75) is 44.9 Å². The molecule has 1 aromatic rings. The molecule has 2 amide bonds. The maximum absolute atomic E-state index is 12.2. The summed E-state index contributed by atoms with van der Waals surface area (Å²) < 4.78 is 5.11. The Labute approximate surface area is 149 Å². The van der Waals surface area contributed by atoms with E-state index in [-0.39, 0.29) is 18.4 Å². The highest BCUT2D eigenvalue weighted by atomic mass is 35.5. The number of benzene rings is 1. The van der Waals surface area contributed by atoms with E-state index < -0.39 is 24.0 Å². The maximum atomic E-state index is 12.2. The van der Waals surface area contributed by atoms with Gasteiger partial charge in [0, 0.05) is 16.5 Å². The molecule has 1 saturated heterocycles. The Morgan fingerprint density at radius 2 is 2.04 bits per heavy atom. The molecule has 0 aromatic heterocycles. The van der Waals surface area contributed by atoms with Crippen molar-refractivity contribution in [1.29, 1.82) is 0 Å². The van der Waals surface area contributed by atoms with E-state index in [2.05, 4.69) is 10.6 Å². The summed E-state index contributed by atoms with van der Waals surface area (Å²) in [5.41, 5.74) is 0.705. The zero-order valence-corrected chi connectivity index (χ0v) is 14.8. The van der Waals surface area contributed by atoms with Crippen LogP contribution >= 0.6 is 23.2 Å². The number of amides is 2. The molecule has 3 atom stereocenters. The molecule has 0 spiro atoms. The van der Waals surface area contributed by atoms with Crippen molar-refractivity contribution in [1.82, 2.24) is 10.6 Å². The van der Waals surface area contributed by atoms with E-state index in [1.165, 1.54) is 6.92 Å². The summed E-state index contributed by atoms with van der Waals surface area (Å²) in [6, 6.07) is 3.93. The number of hydrogen-bond acceptors (Lipinski definition) is 4. The number of hydrogen-bond donors (Lipinski definition) is 2. The van der Waals surface area contributed by atoms with Gasteiger partial charge in [0.15, 0.2) is 6.10 Å². The van der Waals surface area contributed by atoms with Crippen LogP contribution in [0.5, 0.6) is 0 Å². The van der Waals surface area contributed by atoms with Crippen LogP contribution in [0, 0.1) is 0 Å². The first-order valence-electron chi connectivity index (χ1n) is 7.53. The van der Waals surface area contributed by atoms with E-state index in [1.54, 1.807) is 25.1 Å². The van der Waals surface area contributed by atoms with Gasteiger partial charge in [0.05, 0.1) is 6.04 Å². The molecule has 0 saturated carbocycles. The van der Waals surface area contributed by atoms with E-state index >= 15 is 0 Å². The van der Waals surface area contributed by atoms with Gasteiger partial charge in [-0.15, -0.1) is 0 Å². The van der Waals surface area contributed by atoms with Gasteiger partial charge in [-0.3, -0.25) is 9.59 Å². The molecule has 1 aliphatic heterocycles. The summed E-state index contributed by atoms with van der Waals surface area (Å²) in [7, 11) is 0. The second kappa shape index (κ2) is 7.85. The summed E-state index contributed by atoms with van der Waals surface area (Å²) in [5.74, 6) is -1.26. The fourth-order valence-electron chi connectivity index (χ4n) is 2.36. The van der Waals surface area contributed by atoms with Crippen molar-refractivity contribution in [3.05, 3.63) is 33.8 Å². The average Bonchev–Trinajstić information content (AvgIpc) is 2.93. The topological polar surface area (TPSA) is 84.5 Å². The average molecular weight is 373 g/mol. The first kappa shape index (κ1) is 18.5. The van der Waals surface area contributed by atoms with Gasteiger partial charge in [-0.1, -0.05) is 29.3 Å². The molecular formula is C16H18Cl2N2O4. The molecule has 2 rings (SSSR count). The molecule has 0 bridgehead atoms. The number of carbonyl (C=O) groups excluding carboxylic acids is 3. The Balaban J connectivity index is 1.91.